The predicted molar refractivity (Wildman–Crippen MR) is 234 cm³/mol. The van der Waals surface area contributed by atoms with E-state index >= 15 is 0 Å². The summed E-state index contributed by atoms with van der Waals surface area (Å²) in [6.07, 6.45) is 0. The molecule has 4 nitrogen and oxygen atoms in total. The van der Waals surface area contributed by atoms with E-state index in [0.29, 0.717) is 17.5 Å². The second-order valence-corrected chi connectivity index (χ2v) is 15.1. The minimum atomic E-state index is 0.664. The van der Waals surface area contributed by atoms with Crippen molar-refractivity contribution in [2.24, 2.45) is 0 Å². The topological polar surface area (TPSA) is 43.6 Å². The molecular formula is C51H32N4S. The summed E-state index contributed by atoms with van der Waals surface area (Å²) in [5, 5.41) is 4.99. The summed E-state index contributed by atoms with van der Waals surface area (Å²) in [6.45, 7) is 0. The van der Waals surface area contributed by atoms with Crippen LogP contribution in [0.15, 0.2) is 194 Å². The van der Waals surface area contributed by atoms with Crippen LogP contribution >= 0.6 is 11.3 Å². The molecule has 0 saturated carbocycles. The van der Waals surface area contributed by atoms with Crippen molar-refractivity contribution < 1.29 is 0 Å². The monoisotopic (exact) mass is 732 g/mol. The van der Waals surface area contributed by atoms with E-state index in [9.17, 15) is 0 Å². The van der Waals surface area contributed by atoms with Gasteiger partial charge in [0, 0.05) is 53.3 Å². The second kappa shape index (κ2) is 13.3. The lowest BCUT2D eigenvalue weighted by Gasteiger charge is -2.10. The molecule has 262 valence electrons. The first-order chi connectivity index (χ1) is 27.7. The highest BCUT2D eigenvalue weighted by Crippen LogP contribution is 2.40. The van der Waals surface area contributed by atoms with Gasteiger partial charge in [0.25, 0.3) is 0 Å². The number of aromatic nitrogens is 4. The molecule has 0 saturated heterocycles. The molecule has 0 amide bonds. The lowest BCUT2D eigenvalue weighted by molar-refractivity contribution is 1.07. The molecule has 56 heavy (non-hydrogen) atoms. The maximum Gasteiger partial charge on any atom is 0.164 e. The van der Waals surface area contributed by atoms with Crippen LogP contribution in [0.4, 0.5) is 0 Å². The van der Waals surface area contributed by atoms with Crippen LogP contribution in [0.5, 0.6) is 0 Å². The molecule has 0 N–H and O–H groups in total. The van der Waals surface area contributed by atoms with Crippen molar-refractivity contribution in [3.05, 3.63) is 194 Å². The molecule has 8 aromatic carbocycles. The smallest absolute Gasteiger partial charge is 0.164 e. The molecule has 0 aliphatic rings. The molecule has 0 unspecified atom stereocenters. The molecule has 5 heteroatoms. The number of para-hydroxylation sites is 1. The SMILES string of the molecule is c1ccc(-c2ccc3c(c2)c2ccccc2n3-c2ccc(-c3ccc4sc5cc(-c6nc(-c7ccccc7)nc(-c7ccccc7)n6)ccc5c4c3)cc2)cc1. The predicted octanol–water partition coefficient (Wildman–Crippen LogP) is 13.7. The van der Waals surface area contributed by atoms with Crippen molar-refractivity contribution >= 4 is 53.3 Å². The fraction of sp³-hybridized carbons (Fsp3) is 0. The summed E-state index contributed by atoms with van der Waals surface area (Å²) in [5.74, 6) is 1.99. The van der Waals surface area contributed by atoms with Crippen LogP contribution in [0.25, 0.3) is 104 Å². The van der Waals surface area contributed by atoms with Crippen LogP contribution in [0.3, 0.4) is 0 Å². The molecule has 0 spiro atoms. The number of hydrogen-bond donors (Lipinski definition) is 0. The zero-order chi connectivity index (χ0) is 37.0. The molecular weight excluding hydrogens is 701 g/mol. The van der Waals surface area contributed by atoms with Gasteiger partial charge in [0.1, 0.15) is 0 Å². The van der Waals surface area contributed by atoms with Gasteiger partial charge in [0.15, 0.2) is 17.5 Å². The van der Waals surface area contributed by atoms with E-state index in [1.807, 2.05) is 60.7 Å². The summed E-state index contributed by atoms with van der Waals surface area (Å²) in [7, 11) is 0. The normalized spacial score (nSPS) is 11.6. The Morgan fingerprint density at radius 1 is 0.304 bits per heavy atom. The largest absolute Gasteiger partial charge is 0.309 e. The number of hydrogen-bond acceptors (Lipinski definition) is 4. The third kappa shape index (κ3) is 5.56. The van der Waals surface area contributed by atoms with Gasteiger partial charge in [-0.25, -0.2) is 15.0 Å². The van der Waals surface area contributed by atoms with E-state index in [2.05, 4.69) is 138 Å². The maximum atomic E-state index is 4.97. The highest BCUT2D eigenvalue weighted by atomic mass is 32.1. The molecule has 0 aliphatic carbocycles. The van der Waals surface area contributed by atoms with E-state index in [1.165, 1.54) is 64.2 Å². The van der Waals surface area contributed by atoms with Gasteiger partial charge < -0.3 is 4.57 Å². The Morgan fingerprint density at radius 2 is 0.804 bits per heavy atom. The van der Waals surface area contributed by atoms with Gasteiger partial charge >= 0.3 is 0 Å². The van der Waals surface area contributed by atoms with Crippen molar-refractivity contribution in [1.82, 2.24) is 19.5 Å². The average Bonchev–Trinajstić information content (AvgIpc) is 3.82. The van der Waals surface area contributed by atoms with Crippen molar-refractivity contribution in [2.75, 3.05) is 0 Å². The van der Waals surface area contributed by atoms with Crippen molar-refractivity contribution in [3.63, 3.8) is 0 Å². The molecule has 0 bridgehead atoms. The standard InChI is InChI=1S/C51H32N4S/c1-4-12-33(13-5-1)37-23-28-46-43(30-37)41-18-10-11-19-45(41)55(46)40-25-20-34(21-26-40)38-24-29-47-44(31-38)42-27-22-39(32-48(42)56-47)51-53-49(35-14-6-2-7-15-35)52-50(54-51)36-16-8-3-9-17-36/h1-32H. The average molecular weight is 733 g/mol. The summed E-state index contributed by atoms with van der Waals surface area (Å²) in [5.41, 5.74) is 11.3. The Bertz CT molecular complexity index is 3160. The van der Waals surface area contributed by atoms with E-state index in [4.69, 9.17) is 15.0 Å². The zero-order valence-electron chi connectivity index (χ0n) is 30.2. The van der Waals surface area contributed by atoms with Gasteiger partial charge in [-0.15, -0.1) is 11.3 Å². The minimum Gasteiger partial charge on any atom is -0.309 e. The molecule has 11 rings (SSSR count). The number of rotatable bonds is 6. The second-order valence-electron chi connectivity index (χ2n) is 14.1. The van der Waals surface area contributed by atoms with Crippen LogP contribution in [-0.2, 0) is 0 Å². The molecule has 0 atom stereocenters. The van der Waals surface area contributed by atoms with Gasteiger partial charge in [0.05, 0.1) is 11.0 Å². The van der Waals surface area contributed by atoms with Crippen molar-refractivity contribution in [1.29, 1.82) is 0 Å². The Balaban J connectivity index is 0.952. The Kier molecular flexibility index (Phi) is 7.64. The van der Waals surface area contributed by atoms with Gasteiger partial charge in [0.2, 0.25) is 0 Å². The summed E-state index contributed by atoms with van der Waals surface area (Å²) in [4.78, 5) is 14.8. The third-order valence-electron chi connectivity index (χ3n) is 10.7. The first kappa shape index (κ1) is 32.2. The molecule has 11 aromatic rings. The van der Waals surface area contributed by atoms with Crippen molar-refractivity contribution in [2.45, 2.75) is 0 Å². The van der Waals surface area contributed by atoms with E-state index in [1.54, 1.807) is 11.3 Å². The fourth-order valence-corrected chi connectivity index (χ4v) is 9.02. The lowest BCUT2D eigenvalue weighted by atomic mass is 10.0. The van der Waals surface area contributed by atoms with Crippen LogP contribution in [0, 0.1) is 0 Å². The Labute approximate surface area is 327 Å². The van der Waals surface area contributed by atoms with Crippen LogP contribution in [0.2, 0.25) is 0 Å². The molecule has 3 heterocycles. The lowest BCUT2D eigenvalue weighted by Crippen LogP contribution is -1.99. The van der Waals surface area contributed by atoms with Gasteiger partial charge in [-0.3, -0.25) is 0 Å². The first-order valence-electron chi connectivity index (χ1n) is 18.8. The number of thiophene rings is 1. The van der Waals surface area contributed by atoms with Crippen LogP contribution < -0.4 is 0 Å². The van der Waals surface area contributed by atoms with Crippen LogP contribution in [0.1, 0.15) is 0 Å². The van der Waals surface area contributed by atoms with Gasteiger partial charge in [-0.2, -0.15) is 0 Å². The van der Waals surface area contributed by atoms with Crippen molar-refractivity contribution in [3.8, 4) is 62.1 Å². The Morgan fingerprint density at radius 3 is 1.48 bits per heavy atom. The molecule has 0 aliphatic heterocycles. The summed E-state index contributed by atoms with van der Waals surface area (Å²) in [6, 6.07) is 68.8. The molecule has 0 fully saturated rings. The number of nitrogens with zero attached hydrogens (tertiary/aromatic N) is 4. The summed E-state index contributed by atoms with van der Waals surface area (Å²) < 4.78 is 4.84. The molecule has 3 aromatic heterocycles. The zero-order valence-corrected chi connectivity index (χ0v) is 31.0. The summed E-state index contributed by atoms with van der Waals surface area (Å²) >= 11 is 1.80. The minimum absolute atomic E-state index is 0.664. The third-order valence-corrected chi connectivity index (χ3v) is 11.8. The van der Waals surface area contributed by atoms with E-state index < -0.39 is 0 Å². The first-order valence-corrected chi connectivity index (χ1v) is 19.6. The van der Waals surface area contributed by atoms with Gasteiger partial charge in [-0.1, -0.05) is 146 Å². The highest BCUT2D eigenvalue weighted by Gasteiger charge is 2.16. The Hall–Kier alpha value is -7.21. The van der Waals surface area contributed by atoms with Crippen LogP contribution in [-0.4, -0.2) is 19.5 Å². The quantitative estimate of drug-likeness (QED) is 0.171. The number of benzene rings is 8. The van der Waals surface area contributed by atoms with Gasteiger partial charge in [-0.05, 0) is 70.8 Å². The van der Waals surface area contributed by atoms with E-state index in [0.717, 1.165) is 22.4 Å². The molecule has 0 radical (unpaired) electrons. The number of fused-ring (bicyclic) bond motifs is 6. The van der Waals surface area contributed by atoms with E-state index in [-0.39, 0.29) is 0 Å². The fourth-order valence-electron chi connectivity index (χ4n) is 7.90. The highest BCUT2D eigenvalue weighted by molar-refractivity contribution is 7.25. The maximum absolute atomic E-state index is 4.97.